The predicted octanol–water partition coefficient (Wildman–Crippen LogP) is 5.46. The molecule has 0 aliphatic rings. The van der Waals surface area contributed by atoms with Gasteiger partial charge in [-0.25, -0.2) is 0 Å². The molecule has 0 aromatic heterocycles. The molecule has 1 heteroatoms. The minimum Gasteiger partial charge on any atom is -0.299 e. The van der Waals surface area contributed by atoms with Gasteiger partial charge in [-0.1, -0.05) is 58.1 Å². The fraction of sp³-hybridized carbons (Fsp3) is 0.688. The van der Waals surface area contributed by atoms with Crippen LogP contribution >= 0.6 is 0 Å². The van der Waals surface area contributed by atoms with Gasteiger partial charge < -0.3 is 0 Å². The van der Waals surface area contributed by atoms with Crippen LogP contribution in [0.3, 0.4) is 0 Å². The summed E-state index contributed by atoms with van der Waals surface area (Å²) in [6.07, 6.45) is 17.7. The van der Waals surface area contributed by atoms with Gasteiger partial charge in [-0.3, -0.25) is 4.79 Å². The fourth-order valence-electron chi connectivity index (χ4n) is 1.38. The summed E-state index contributed by atoms with van der Waals surface area (Å²) in [5, 5.41) is 0. The Labute approximate surface area is 108 Å². The molecule has 0 radical (unpaired) electrons. The van der Waals surface area contributed by atoms with Gasteiger partial charge in [0.25, 0.3) is 0 Å². The van der Waals surface area contributed by atoms with Gasteiger partial charge >= 0.3 is 0 Å². The van der Waals surface area contributed by atoms with Crippen molar-refractivity contribution in [1.82, 2.24) is 0 Å². The average Bonchev–Trinajstić information content (AvgIpc) is 2.36. The van der Waals surface area contributed by atoms with Crippen molar-refractivity contribution in [3.05, 3.63) is 24.8 Å². The van der Waals surface area contributed by atoms with E-state index in [9.17, 15) is 4.79 Å². The quantitative estimate of drug-likeness (QED) is 0.214. The lowest BCUT2D eigenvalue weighted by Crippen LogP contribution is -1.71. The number of aldehydes is 1. The molecule has 0 saturated heterocycles. The SMILES string of the molecule is C=CCCCCCC.CCCCCC=CC=O. The van der Waals surface area contributed by atoms with E-state index in [-0.39, 0.29) is 0 Å². The van der Waals surface area contributed by atoms with Crippen LogP contribution in [0.1, 0.15) is 71.6 Å². The first-order valence-electron chi connectivity index (χ1n) is 7.04. The summed E-state index contributed by atoms with van der Waals surface area (Å²) in [4.78, 5) is 9.75. The van der Waals surface area contributed by atoms with Crippen LogP contribution in [-0.2, 0) is 4.79 Å². The van der Waals surface area contributed by atoms with E-state index in [4.69, 9.17) is 0 Å². The van der Waals surface area contributed by atoms with E-state index >= 15 is 0 Å². The number of carbonyl (C=O) groups is 1. The molecule has 17 heavy (non-hydrogen) atoms. The molecule has 0 bridgehead atoms. The molecule has 0 heterocycles. The second-order valence-corrected chi connectivity index (χ2v) is 4.20. The summed E-state index contributed by atoms with van der Waals surface area (Å²) in [7, 11) is 0. The Balaban J connectivity index is 0. The first-order chi connectivity index (χ1) is 8.33. The summed E-state index contributed by atoms with van der Waals surface area (Å²) in [5.74, 6) is 0. The second-order valence-electron chi connectivity index (χ2n) is 4.20. The third-order valence-electron chi connectivity index (χ3n) is 2.45. The van der Waals surface area contributed by atoms with Gasteiger partial charge in [0.05, 0.1) is 0 Å². The van der Waals surface area contributed by atoms with E-state index in [0.717, 1.165) is 12.7 Å². The molecular formula is C16H30O. The molecule has 0 aromatic carbocycles. The van der Waals surface area contributed by atoms with Gasteiger partial charge in [0, 0.05) is 0 Å². The minimum absolute atomic E-state index is 0.825. The Kier molecular flexibility index (Phi) is 22.4. The summed E-state index contributed by atoms with van der Waals surface area (Å²) in [6, 6.07) is 0. The van der Waals surface area contributed by atoms with Crippen molar-refractivity contribution >= 4 is 6.29 Å². The average molecular weight is 238 g/mol. The first kappa shape index (κ1) is 18.5. The molecule has 0 amide bonds. The lowest BCUT2D eigenvalue weighted by atomic mass is 10.2. The Morgan fingerprint density at radius 2 is 1.47 bits per heavy atom. The molecule has 0 aliphatic heterocycles. The van der Waals surface area contributed by atoms with Crippen molar-refractivity contribution < 1.29 is 4.79 Å². The van der Waals surface area contributed by atoms with Crippen molar-refractivity contribution in [2.24, 2.45) is 0 Å². The van der Waals surface area contributed by atoms with Crippen molar-refractivity contribution in [2.75, 3.05) is 0 Å². The normalized spacial score (nSPS) is 9.76. The number of allylic oxidation sites excluding steroid dienone is 3. The van der Waals surface area contributed by atoms with Crippen LogP contribution in [0.5, 0.6) is 0 Å². The van der Waals surface area contributed by atoms with Gasteiger partial charge in [-0.05, 0) is 31.8 Å². The van der Waals surface area contributed by atoms with Crippen LogP contribution < -0.4 is 0 Å². The molecule has 0 saturated carbocycles. The monoisotopic (exact) mass is 238 g/mol. The molecule has 0 aliphatic carbocycles. The molecule has 0 unspecified atom stereocenters. The smallest absolute Gasteiger partial charge is 0.142 e. The van der Waals surface area contributed by atoms with E-state index in [0.29, 0.717) is 0 Å². The van der Waals surface area contributed by atoms with Gasteiger partial charge in [-0.2, -0.15) is 0 Å². The lowest BCUT2D eigenvalue weighted by molar-refractivity contribution is -0.104. The zero-order valence-electron chi connectivity index (χ0n) is 11.8. The maximum atomic E-state index is 9.75. The summed E-state index contributed by atoms with van der Waals surface area (Å²) < 4.78 is 0. The third kappa shape index (κ3) is 25.4. The van der Waals surface area contributed by atoms with Crippen LogP contribution in [-0.4, -0.2) is 6.29 Å². The van der Waals surface area contributed by atoms with Crippen molar-refractivity contribution in [2.45, 2.75) is 71.6 Å². The van der Waals surface area contributed by atoms with Crippen LogP contribution in [0, 0.1) is 0 Å². The van der Waals surface area contributed by atoms with Crippen LogP contribution in [0.25, 0.3) is 0 Å². The molecule has 100 valence electrons. The van der Waals surface area contributed by atoms with Gasteiger partial charge in [0.2, 0.25) is 0 Å². The Morgan fingerprint density at radius 3 is 2.00 bits per heavy atom. The standard InChI is InChI=1S/C8H14O.C8H16/c1-2-3-4-5-6-7-8-9;1-3-5-7-8-6-4-2/h6-8H,2-5H2,1H3;3H,1,4-8H2,2H3. The van der Waals surface area contributed by atoms with Crippen LogP contribution in [0.15, 0.2) is 24.8 Å². The third-order valence-corrected chi connectivity index (χ3v) is 2.45. The van der Waals surface area contributed by atoms with Crippen molar-refractivity contribution in [3.8, 4) is 0 Å². The molecule has 1 nitrogen and oxygen atoms in total. The number of unbranched alkanes of at least 4 members (excludes halogenated alkanes) is 7. The number of hydrogen-bond donors (Lipinski definition) is 0. The highest BCUT2D eigenvalue weighted by Gasteiger charge is 1.81. The van der Waals surface area contributed by atoms with E-state index in [1.54, 1.807) is 6.08 Å². The molecule has 0 fully saturated rings. The second kappa shape index (κ2) is 20.5. The lowest BCUT2D eigenvalue weighted by Gasteiger charge is -1.91. The maximum Gasteiger partial charge on any atom is 0.142 e. The van der Waals surface area contributed by atoms with Crippen molar-refractivity contribution in [1.29, 1.82) is 0 Å². The largest absolute Gasteiger partial charge is 0.299 e. The van der Waals surface area contributed by atoms with Crippen LogP contribution in [0.2, 0.25) is 0 Å². The number of carbonyl (C=O) groups excluding carboxylic acids is 1. The number of hydrogen-bond acceptors (Lipinski definition) is 1. The zero-order valence-corrected chi connectivity index (χ0v) is 11.8. The topological polar surface area (TPSA) is 17.1 Å². The van der Waals surface area contributed by atoms with Gasteiger partial charge in [0.1, 0.15) is 6.29 Å². The number of rotatable bonds is 10. The highest BCUT2D eigenvalue weighted by atomic mass is 16.1. The fourth-order valence-corrected chi connectivity index (χ4v) is 1.38. The van der Waals surface area contributed by atoms with E-state index in [1.165, 1.54) is 51.4 Å². The summed E-state index contributed by atoms with van der Waals surface area (Å²) in [6.45, 7) is 8.06. The molecule has 0 rings (SSSR count). The zero-order chi connectivity index (χ0) is 13.2. The van der Waals surface area contributed by atoms with Crippen molar-refractivity contribution in [3.63, 3.8) is 0 Å². The molecular weight excluding hydrogens is 208 g/mol. The highest BCUT2D eigenvalue weighted by Crippen LogP contribution is 2.01. The van der Waals surface area contributed by atoms with E-state index < -0.39 is 0 Å². The molecule has 0 atom stereocenters. The minimum atomic E-state index is 0.825. The highest BCUT2D eigenvalue weighted by molar-refractivity contribution is 5.64. The summed E-state index contributed by atoms with van der Waals surface area (Å²) >= 11 is 0. The van der Waals surface area contributed by atoms with Gasteiger partial charge in [0.15, 0.2) is 0 Å². The molecule has 0 spiro atoms. The Morgan fingerprint density at radius 1 is 0.882 bits per heavy atom. The molecule has 0 aromatic rings. The predicted molar refractivity (Wildman–Crippen MR) is 78.3 cm³/mol. The maximum absolute atomic E-state index is 9.75. The van der Waals surface area contributed by atoms with E-state index in [2.05, 4.69) is 20.4 Å². The van der Waals surface area contributed by atoms with E-state index in [1.807, 2.05) is 12.2 Å². The van der Waals surface area contributed by atoms with Gasteiger partial charge in [-0.15, -0.1) is 6.58 Å². The summed E-state index contributed by atoms with van der Waals surface area (Å²) in [5.41, 5.74) is 0. The Bertz CT molecular complexity index is 170. The molecule has 0 N–H and O–H groups in total. The first-order valence-corrected chi connectivity index (χ1v) is 7.04. The Hall–Kier alpha value is -0.850. The van der Waals surface area contributed by atoms with Crippen LogP contribution in [0.4, 0.5) is 0 Å².